The van der Waals surface area contributed by atoms with Crippen molar-refractivity contribution in [3.63, 3.8) is 0 Å². The van der Waals surface area contributed by atoms with Crippen LogP contribution in [-0.4, -0.2) is 25.8 Å². The molecule has 0 bridgehead atoms. The number of rotatable bonds is 3. The molecule has 0 radical (unpaired) electrons. The Bertz CT molecular complexity index is 593. The van der Waals surface area contributed by atoms with Gasteiger partial charge < -0.3 is 5.73 Å². The fraction of sp³-hybridized carbons (Fsp3) is 0.600. The highest BCUT2D eigenvalue weighted by molar-refractivity contribution is 7.89. The zero-order valence-corrected chi connectivity index (χ0v) is 13.4. The van der Waals surface area contributed by atoms with Gasteiger partial charge in [0.05, 0.1) is 10.6 Å². The smallest absolute Gasteiger partial charge is 0.243 e. The van der Waals surface area contributed by atoms with Gasteiger partial charge in [0, 0.05) is 13.1 Å². The topological polar surface area (TPSA) is 63.4 Å². The van der Waals surface area contributed by atoms with Gasteiger partial charge in [0.15, 0.2) is 0 Å². The Morgan fingerprint density at radius 2 is 2.05 bits per heavy atom. The first-order valence-corrected chi connectivity index (χ1v) is 8.86. The van der Waals surface area contributed by atoms with Crippen molar-refractivity contribution in [2.24, 2.45) is 5.92 Å². The van der Waals surface area contributed by atoms with Gasteiger partial charge in [-0.1, -0.05) is 13.3 Å². The van der Waals surface area contributed by atoms with Crippen LogP contribution in [0.4, 0.5) is 10.1 Å². The maximum atomic E-state index is 13.6. The molecule has 6 heteroatoms. The van der Waals surface area contributed by atoms with E-state index >= 15 is 0 Å². The van der Waals surface area contributed by atoms with Crippen LogP contribution >= 0.6 is 0 Å². The Balaban J connectivity index is 2.29. The van der Waals surface area contributed by atoms with Crippen LogP contribution in [0, 0.1) is 18.7 Å². The molecule has 1 heterocycles. The first kappa shape index (κ1) is 16.2. The fourth-order valence-electron chi connectivity index (χ4n) is 2.85. The average Bonchev–Trinajstić information content (AvgIpc) is 2.69. The highest BCUT2D eigenvalue weighted by Crippen LogP contribution is 2.27. The third-order valence-electron chi connectivity index (χ3n) is 4.28. The molecule has 1 atom stereocenters. The van der Waals surface area contributed by atoms with Gasteiger partial charge in [0.2, 0.25) is 10.0 Å². The van der Waals surface area contributed by atoms with Crippen LogP contribution in [0.2, 0.25) is 0 Å². The molecule has 1 aliphatic rings. The minimum absolute atomic E-state index is 0.0915. The Labute approximate surface area is 126 Å². The van der Waals surface area contributed by atoms with E-state index in [-0.39, 0.29) is 16.1 Å². The third-order valence-corrected chi connectivity index (χ3v) is 6.15. The van der Waals surface area contributed by atoms with Crippen molar-refractivity contribution in [1.29, 1.82) is 0 Å². The van der Waals surface area contributed by atoms with Crippen molar-refractivity contribution in [3.8, 4) is 0 Å². The SMILES string of the molecule is CCC1CCCN(S(=O)(=O)c2cc(C)c(F)c(N)c2)CC1. The van der Waals surface area contributed by atoms with E-state index in [0.29, 0.717) is 19.0 Å². The second-order valence-corrected chi connectivity index (χ2v) is 7.69. The molecule has 1 saturated heterocycles. The molecule has 118 valence electrons. The summed E-state index contributed by atoms with van der Waals surface area (Å²) < 4.78 is 40.5. The van der Waals surface area contributed by atoms with E-state index in [1.807, 2.05) is 0 Å². The number of nitrogen functional groups attached to an aromatic ring is 1. The lowest BCUT2D eigenvalue weighted by atomic mass is 9.98. The van der Waals surface area contributed by atoms with E-state index in [1.165, 1.54) is 23.4 Å². The van der Waals surface area contributed by atoms with Gasteiger partial charge in [-0.2, -0.15) is 4.31 Å². The highest BCUT2D eigenvalue weighted by Gasteiger charge is 2.28. The van der Waals surface area contributed by atoms with Gasteiger partial charge in [-0.3, -0.25) is 0 Å². The quantitative estimate of drug-likeness (QED) is 0.873. The van der Waals surface area contributed by atoms with Crippen molar-refractivity contribution >= 4 is 15.7 Å². The minimum atomic E-state index is -3.59. The number of sulfonamides is 1. The fourth-order valence-corrected chi connectivity index (χ4v) is 4.46. The summed E-state index contributed by atoms with van der Waals surface area (Å²) in [6, 6.07) is 2.59. The molecular weight excluding hydrogens is 291 g/mol. The Morgan fingerprint density at radius 1 is 1.33 bits per heavy atom. The average molecular weight is 314 g/mol. The number of anilines is 1. The monoisotopic (exact) mass is 314 g/mol. The Morgan fingerprint density at radius 3 is 2.67 bits per heavy atom. The van der Waals surface area contributed by atoms with Crippen molar-refractivity contribution in [2.75, 3.05) is 18.8 Å². The second kappa shape index (κ2) is 6.32. The van der Waals surface area contributed by atoms with E-state index in [2.05, 4.69) is 6.92 Å². The Hall–Kier alpha value is -1.14. The normalized spacial score (nSPS) is 21.2. The molecule has 2 N–H and O–H groups in total. The van der Waals surface area contributed by atoms with Crippen LogP contribution in [0.25, 0.3) is 0 Å². The number of aryl methyl sites for hydroxylation is 1. The van der Waals surface area contributed by atoms with Crippen LogP contribution in [0.1, 0.15) is 38.2 Å². The molecule has 0 amide bonds. The first-order chi connectivity index (χ1) is 9.86. The molecule has 1 fully saturated rings. The molecule has 21 heavy (non-hydrogen) atoms. The van der Waals surface area contributed by atoms with Gasteiger partial charge >= 0.3 is 0 Å². The van der Waals surface area contributed by atoms with Crippen molar-refractivity contribution in [3.05, 3.63) is 23.5 Å². The summed E-state index contributed by atoms with van der Waals surface area (Å²) in [6.07, 6.45) is 3.89. The molecule has 1 aliphatic heterocycles. The van der Waals surface area contributed by atoms with Gasteiger partial charge in [-0.25, -0.2) is 12.8 Å². The van der Waals surface area contributed by atoms with E-state index < -0.39 is 15.8 Å². The molecular formula is C15H23FN2O2S. The number of benzene rings is 1. The molecule has 0 saturated carbocycles. The summed E-state index contributed by atoms with van der Waals surface area (Å²) in [5.74, 6) is 0.0427. The molecule has 0 aromatic heterocycles. The summed E-state index contributed by atoms with van der Waals surface area (Å²) >= 11 is 0. The summed E-state index contributed by atoms with van der Waals surface area (Å²) in [7, 11) is -3.59. The summed E-state index contributed by atoms with van der Waals surface area (Å²) in [5.41, 5.74) is 5.71. The highest BCUT2D eigenvalue weighted by atomic mass is 32.2. The maximum Gasteiger partial charge on any atom is 0.243 e. The van der Waals surface area contributed by atoms with Crippen LogP contribution in [0.5, 0.6) is 0 Å². The molecule has 2 rings (SSSR count). The molecule has 4 nitrogen and oxygen atoms in total. The lowest BCUT2D eigenvalue weighted by Gasteiger charge is -2.21. The minimum Gasteiger partial charge on any atom is -0.396 e. The lowest BCUT2D eigenvalue weighted by Crippen LogP contribution is -2.32. The van der Waals surface area contributed by atoms with Crippen LogP contribution in [0.15, 0.2) is 17.0 Å². The second-order valence-electron chi connectivity index (χ2n) is 5.75. The maximum absolute atomic E-state index is 13.6. The lowest BCUT2D eigenvalue weighted by molar-refractivity contribution is 0.407. The summed E-state index contributed by atoms with van der Waals surface area (Å²) in [5, 5.41) is 0. The van der Waals surface area contributed by atoms with Crippen molar-refractivity contribution < 1.29 is 12.8 Å². The third kappa shape index (κ3) is 3.37. The van der Waals surface area contributed by atoms with E-state index in [4.69, 9.17) is 5.73 Å². The number of hydrogen-bond acceptors (Lipinski definition) is 3. The van der Waals surface area contributed by atoms with E-state index in [9.17, 15) is 12.8 Å². The van der Waals surface area contributed by atoms with Crippen LogP contribution in [0.3, 0.4) is 0 Å². The van der Waals surface area contributed by atoms with Crippen molar-refractivity contribution in [2.45, 2.75) is 44.4 Å². The summed E-state index contributed by atoms with van der Waals surface area (Å²) in [4.78, 5) is 0.0915. The number of hydrogen-bond donors (Lipinski definition) is 1. The van der Waals surface area contributed by atoms with Gasteiger partial charge in [-0.05, 0) is 49.8 Å². The largest absolute Gasteiger partial charge is 0.396 e. The zero-order valence-electron chi connectivity index (χ0n) is 12.6. The first-order valence-electron chi connectivity index (χ1n) is 7.42. The number of nitrogens with zero attached hydrogens (tertiary/aromatic N) is 1. The summed E-state index contributed by atoms with van der Waals surface area (Å²) in [6.45, 7) is 4.71. The zero-order chi connectivity index (χ0) is 15.6. The molecule has 0 aliphatic carbocycles. The van der Waals surface area contributed by atoms with Crippen molar-refractivity contribution in [1.82, 2.24) is 4.31 Å². The predicted molar refractivity (Wildman–Crippen MR) is 81.9 cm³/mol. The number of nitrogens with two attached hydrogens (primary N) is 1. The molecule has 1 unspecified atom stereocenters. The number of halogens is 1. The van der Waals surface area contributed by atoms with Crippen LogP contribution < -0.4 is 5.73 Å². The molecule has 1 aromatic carbocycles. The van der Waals surface area contributed by atoms with Gasteiger partial charge in [0.1, 0.15) is 5.82 Å². The standard InChI is InChI=1S/C15H23FN2O2S/c1-3-12-5-4-7-18(8-6-12)21(19,20)13-9-11(2)15(16)14(17)10-13/h9-10,12H,3-8,17H2,1-2H3. The van der Waals surface area contributed by atoms with Gasteiger partial charge in [0.25, 0.3) is 0 Å². The molecule has 1 aromatic rings. The van der Waals surface area contributed by atoms with Gasteiger partial charge in [-0.15, -0.1) is 0 Å². The van der Waals surface area contributed by atoms with Crippen LogP contribution in [-0.2, 0) is 10.0 Å². The molecule has 0 spiro atoms. The van der Waals surface area contributed by atoms with E-state index in [0.717, 1.165) is 25.7 Å². The van der Waals surface area contributed by atoms with E-state index in [1.54, 1.807) is 0 Å². The predicted octanol–water partition coefficient (Wildman–Crippen LogP) is 2.92. The Kier molecular flexibility index (Phi) is 4.88.